The molecule has 27 heavy (non-hydrogen) atoms. The van der Waals surface area contributed by atoms with E-state index in [-0.39, 0.29) is 17.7 Å². The lowest BCUT2D eigenvalue weighted by Crippen LogP contribution is -2.34. The summed E-state index contributed by atoms with van der Waals surface area (Å²) in [4.78, 5) is 31.6. The Labute approximate surface area is 155 Å². The van der Waals surface area contributed by atoms with Crippen LogP contribution in [0.3, 0.4) is 0 Å². The molecule has 9 nitrogen and oxygen atoms in total. The first-order valence-electron chi connectivity index (χ1n) is 8.81. The molecule has 1 fully saturated rings. The largest absolute Gasteiger partial charge is 0.359 e. The van der Waals surface area contributed by atoms with E-state index in [4.69, 9.17) is 0 Å². The van der Waals surface area contributed by atoms with Gasteiger partial charge in [-0.1, -0.05) is 18.2 Å². The summed E-state index contributed by atoms with van der Waals surface area (Å²) in [6, 6.07) is 7.61. The maximum absolute atomic E-state index is 13.2. The number of nitrogens with zero attached hydrogens (tertiary/aromatic N) is 5. The number of carbonyl (C=O) groups is 2. The molecule has 2 amide bonds. The predicted molar refractivity (Wildman–Crippen MR) is 98.0 cm³/mol. The van der Waals surface area contributed by atoms with Gasteiger partial charge in [-0.25, -0.2) is 4.98 Å². The van der Waals surface area contributed by atoms with Crippen molar-refractivity contribution in [2.24, 2.45) is 13.0 Å². The summed E-state index contributed by atoms with van der Waals surface area (Å²) >= 11 is 0. The van der Waals surface area contributed by atoms with Gasteiger partial charge < -0.3 is 10.2 Å². The molecule has 0 radical (unpaired) electrons. The molecule has 2 aromatic heterocycles. The average Bonchev–Trinajstić information content (AvgIpc) is 3.38. The molecule has 4 rings (SSSR count). The molecule has 0 bridgehead atoms. The summed E-state index contributed by atoms with van der Waals surface area (Å²) in [6.45, 7) is 2.49. The Morgan fingerprint density at radius 2 is 2.04 bits per heavy atom. The molecular formula is C18H21N7O2. The highest BCUT2D eigenvalue weighted by molar-refractivity contribution is 6.05. The van der Waals surface area contributed by atoms with Gasteiger partial charge in [-0.2, -0.15) is 10.2 Å². The summed E-state index contributed by atoms with van der Waals surface area (Å²) in [6.07, 6.45) is 0. The van der Waals surface area contributed by atoms with Crippen LogP contribution < -0.4 is 5.32 Å². The lowest BCUT2D eigenvalue weighted by molar-refractivity contribution is -0.124. The average molecular weight is 367 g/mol. The number of para-hydroxylation sites is 1. The van der Waals surface area contributed by atoms with E-state index in [9.17, 15) is 9.59 Å². The fraction of sp³-hybridized carbons (Fsp3) is 0.389. The second-order valence-electron chi connectivity index (χ2n) is 6.81. The summed E-state index contributed by atoms with van der Waals surface area (Å²) in [5.74, 6) is 0.278. The fourth-order valence-electron chi connectivity index (χ4n) is 3.73. The molecule has 1 aromatic carbocycles. The van der Waals surface area contributed by atoms with Crippen molar-refractivity contribution in [2.45, 2.75) is 12.8 Å². The Kier molecular flexibility index (Phi) is 4.14. The molecule has 140 valence electrons. The highest BCUT2D eigenvalue weighted by Crippen LogP contribution is 2.32. The van der Waals surface area contributed by atoms with Crippen molar-refractivity contribution >= 4 is 22.7 Å². The molecule has 0 aliphatic carbocycles. The minimum absolute atomic E-state index is 0.122. The molecule has 1 aliphatic rings. The van der Waals surface area contributed by atoms with Gasteiger partial charge in [-0.05, 0) is 13.0 Å². The first kappa shape index (κ1) is 17.2. The van der Waals surface area contributed by atoms with Crippen molar-refractivity contribution in [3.63, 3.8) is 0 Å². The van der Waals surface area contributed by atoms with Gasteiger partial charge in [0.2, 0.25) is 5.91 Å². The molecule has 1 saturated heterocycles. The van der Waals surface area contributed by atoms with Crippen LogP contribution in [0.15, 0.2) is 24.3 Å². The quantitative estimate of drug-likeness (QED) is 0.705. The molecule has 2 atom stereocenters. The first-order valence-corrected chi connectivity index (χ1v) is 8.81. The zero-order valence-corrected chi connectivity index (χ0v) is 15.4. The van der Waals surface area contributed by atoms with Gasteiger partial charge in [0.05, 0.1) is 17.4 Å². The number of rotatable bonds is 3. The highest BCUT2D eigenvalue weighted by atomic mass is 16.2. The Morgan fingerprint density at radius 3 is 2.74 bits per heavy atom. The molecule has 0 spiro atoms. The highest BCUT2D eigenvalue weighted by Gasteiger charge is 2.43. The van der Waals surface area contributed by atoms with E-state index >= 15 is 0 Å². The molecule has 0 saturated carbocycles. The van der Waals surface area contributed by atoms with Crippen molar-refractivity contribution in [3.8, 4) is 0 Å². The predicted octanol–water partition coefficient (Wildman–Crippen LogP) is 0.602. The fourth-order valence-corrected chi connectivity index (χ4v) is 3.73. The number of aromatic amines is 1. The first-order chi connectivity index (χ1) is 13.0. The lowest BCUT2D eigenvalue weighted by Gasteiger charge is -2.14. The van der Waals surface area contributed by atoms with E-state index in [1.165, 1.54) is 0 Å². The smallest absolute Gasteiger partial charge is 0.275 e. The normalized spacial score (nSPS) is 19.6. The number of hydrogen-bond acceptors (Lipinski definition) is 5. The number of nitrogens with one attached hydrogen (secondary N) is 2. The minimum Gasteiger partial charge on any atom is -0.359 e. The van der Waals surface area contributed by atoms with E-state index in [1.807, 2.05) is 38.2 Å². The van der Waals surface area contributed by atoms with Crippen molar-refractivity contribution in [2.75, 3.05) is 20.1 Å². The number of benzene rings is 1. The number of aromatic nitrogens is 5. The molecule has 2 N–H and O–H groups in total. The van der Waals surface area contributed by atoms with Crippen molar-refractivity contribution < 1.29 is 9.59 Å². The van der Waals surface area contributed by atoms with Gasteiger partial charge in [0.15, 0.2) is 11.5 Å². The molecule has 3 aromatic rings. The van der Waals surface area contributed by atoms with Crippen molar-refractivity contribution in [1.82, 2.24) is 35.2 Å². The summed E-state index contributed by atoms with van der Waals surface area (Å²) in [7, 11) is 3.41. The van der Waals surface area contributed by atoms with E-state index in [0.29, 0.717) is 30.4 Å². The number of likely N-dealkylation sites (tertiary alicyclic amines) is 1. The van der Waals surface area contributed by atoms with Gasteiger partial charge in [0.1, 0.15) is 5.82 Å². The van der Waals surface area contributed by atoms with Gasteiger partial charge >= 0.3 is 0 Å². The van der Waals surface area contributed by atoms with Crippen LogP contribution in [0.1, 0.15) is 28.1 Å². The Bertz CT molecular complexity index is 1020. The van der Waals surface area contributed by atoms with Crippen molar-refractivity contribution in [1.29, 1.82) is 0 Å². The Morgan fingerprint density at radius 1 is 1.26 bits per heavy atom. The number of aryl methyl sites for hydroxylation is 2. The maximum Gasteiger partial charge on any atom is 0.275 e. The van der Waals surface area contributed by atoms with E-state index in [2.05, 4.69) is 25.6 Å². The van der Waals surface area contributed by atoms with Crippen LogP contribution in [0.4, 0.5) is 0 Å². The molecule has 2 unspecified atom stereocenters. The SMILES string of the molecule is CNC(=O)C1CN(C(=O)c2nn(C)c3ccccc23)CC1c1n[nH]c(C)n1. The van der Waals surface area contributed by atoms with Gasteiger partial charge in [0.25, 0.3) is 5.91 Å². The maximum atomic E-state index is 13.2. The Hall–Kier alpha value is -3.23. The standard InChI is InChI=1S/C18H21N7O2/c1-10-20-16(22-21-10)12-8-25(9-13(12)17(26)19-2)18(27)15-11-6-4-5-7-14(11)24(3)23-15/h4-7,12-13H,8-9H2,1-3H3,(H,19,26)(H,20,21,22). The van der Waals surface area contributed by atoms with Crippen LogP contribution in [-0.4, -0.2) is 61.8 Å². The lowest BCUT2D eigenvalue weighted by atomic mass is 9.94. The van der Waals surface area contributed by atoms with E-state index in [0.717, 1.165) is 10.9 Å². The van der Waals surface area contributed by atoms with Crippen molar-refractivity contribution in [3.05, 3.63) is 41.6 Å². The van der Waals surface area contributed by atoms with Crippen LogP contribution >= 0.6 is 0 Å². The second-order valence-corrected chi connectivity index (χ2v) is 6.81. The zero-order chi connectivity index (χ0) is 19.1. The topological polar surface area (TPSA) is 109 Å². The monoisotopic (exact) mass is 367 g/mol. The summed E-state index contributed by atoms with van der Waals surface area (Å²) in [5.41, 5.74) is 1.29. The summed E-state index contributed by atoms with van der Waals surface area (Å²) in [5, 5.41) is 14.9. The number of H-pyrrole nitrogens is 1. The molecular weight excluding hydrogens is 346 g/mol. The van der Waals surface area contributed by atoms with Crippen LogP contribution in [0.5, 0.6) is 0 Å². The Balaban J connectivity index is 1.67. The minimum atomic E-state index is -0.399. The van der Waals surface area contributed by atoms with Gasteiger partial charge in [-0.3, -0.25) is 19.4 Å². The molecule has 9 heteroatoms. The number of carbonyl (C=O) groups excluding carboxylic acids is 2. The van der Waals surface area contributed by atoms with E-state index in [1.54, 1.807) is 16.6 Å². The van der Waals surface area contributed by atoms with Gasteiger partial charge in [-0.15, -0.1) is 0 Å². The van der Waals surface area contributed by atoms with Gasteiger partial charge in [0, 0.05) is 32.6 Å². The molecule has 1 aliphatic heterocycles. The van der Waals surface area contributed by atoms with E-state index < -0.39 is 5.92 Å². The number of hydrogen-bond donors (Lipinski definition) is 2. The second kappa shape index (κ2) is 6.49. The van der Waals surface area contributed by atoms with Crippen LogP contribution in [0.25, 0.3) is 10.9 Å². The van der Waals surface area contributed by atoms with Crippen LogP contribution in [0, 0.1) is 12.8 Å². The van der Waals surface area contributed by atoms with Crippen LogP contribution in [0.2, 0.25) is 0 Å². The number of amides is 2. The van der Waals surface area contributed by atoms with Crippen LogP contribution in [-0.2, 0) is 11.8 Å². The number of fused-ring (bicyclic) bond motifs is 1. The zero-order valence-electron chi connectivity index (χ0n) is 15.4. The summed E-state index contributed by atoms with van der Waals surface area (Å²) < 4.78 is 1.70. The third kappa shape index (κ3) is 2.84. The third-order valence-corrected chi connectivity index (χ3v) is 5.10. The molecule has 3 heterocycles. The third-order valence-electron chi connectivity index (χ3n) is 5.10.